The molecule has 1 aliphatic carbocycles. The molecule has 6 heteroatoms. The Bertz CT molecular complexity index is 6520. The van der Waals surface area contributed by atoms with Crippen molar-refractivity contribution < 1.29 is 8.83 Å². The van der Waals surface area contributed by atoms with Gasteiger partial charge in [-0.25, -0.2) is 0 Å². The molecule has 0 unspecified atom stereocenters. The molecule has 18 rings (SSSR count). The largest absolute Gasteiger partial charge is 0.455 e. The number of hydrogen-bond donors (Lipinski definition) is 0. The van der Waals surface area contributed by atoms with E-state index in [2.05, 4.69) is 499 Å². The smallest absolute Gasteiger partial charge is 0.159 e. The Kier molecular flexibility index (Phi) is 24.6. The molecule has 17 aromatic rings. The van der Waals surface area contributed by atoms with E-state index in [1.165, 1.54) is 118 Å². The minimum Gasteiger partial charge on any atom is -0.455 e. The van der Waals surface area contributed by atoms with Crippen LogP contribution in [-0.4, -0.2) is 22.2 Å². The summed E-state index contributed by atoms with van der Waals surface area (Å²) in [6.07, 6.45) is 0. The van der Waals surface area contributed by atoms with Gasteiger partial charge in [0.1, 0.15) is 16.7 Å². The lowest BCUT2D eigenvalue weighted by molar-refractivity contribution is 0.557. The molecular formula is C119H124N4O2. The van der Waals surface area contributed by atoms with E-state index in [1.54, 1.807) is 0 Å². The van der Waals surface area contributed by atoms with Crippen LogP contribution in [0.4, 0.5) is 45.5 Å². The fourth-order valence-electron chi connectivity index (χ4n) is 18.0. The van der Waals surface area contributed by atoms with Gasteiger partial charge < -0.3 is 28.4 Å². The number of fused-ring (bicyclic) bond motifs is 9. The Labute approximate surface area is 744 Å². The predicted octanol–water partition coefficient (Wildman–Crippen LogP) is 34.8. The predicted molar refractivity (Wildman–Crippen MR) is 540 cm³/mol. The second-order valence-electron chi connectivity index (χ2n) is 39.7. The second kappa shape index (κ2) is 35.4. The van der Waals surface area contributed by atoms with Gasteiger partial charge in [0.05, 0.1) is 5.69 Å². The Morgan fingerprint density at radius 2 is 0.544 bits per heavy atom. The maximum atomic E-state index is 6.30. The third kappa shape index (κ3) is 18.8. The van der Waals surface area contributed by atoms with Crippen molar-refractivity contribution in [1.82, 2.24) is 0 Å². The van der Waals surface area contributed by atoms with E-state index in [1.807, 2.05) is 24.3 Å². The highest BCUT2D eigenvalue weighted by atomic mass is 16.3. The van der Waals surface area contributed by atoms with Crippen LogP contribution in [0.2, 0.25) is 0 Å². The summed E-state index contributed by atoms with van der Waals surface area (Å²) in [5.74, 6) is 1.06. The molecule has 0 amide bonds. The highest BCUT2D eigenvalue weighted by molar-refractivity contribution is 6.11. The van der Waals surface area contributed by atoms with E-state index in [9.17, 15) is 0 Å². The molecule has 0 saturated heterocycles. The number of para-hydroxylation sites is 4. The van der Waals surface area contributed by atoms with Crippen molar-refractivity contribution in [2.45, 2.75) is 190 Å². The summed E-state index contributed by atoms with van der Waals surface area (Å²) in [5, 5.41) is 4.65. The molecule has 0 aliphatic heterocycles. The second-order valence-corrected chi connectivity index (χ2v) is 39.7. The van der Waals surface area contributed by atoms with Crippen LogP contribution in [0.1, 0.15) is 185 Å². The zero-order chi connectivity index (χ0) is 88.5. The lowest BCUT2D eigenvalue weighted by atomic mass is 9.82. The van der Waals surface area contributed by atoms with Crippen LogP contribution in [0.3, 0.4) is 0 Å². The molecule has 2 heterocycles. The molecule has 125 heavy (non-hydrogen) atoms. The molecule has 0 spiro atoms. The highest BCUT2D eigenvalue weighted by Gasteiger charge is 2.37. The highest BCUT2D eigenvalue weighted by Crippen LogP contribution is 2.52. The first-order valence-electron chi connectivity index (χ1n) is 44.7. The summed E-state index contributed by atoms with van der Waals surface area (Å²) in [6, 6.07) is 129. The molecule has 1 aliphatic rings. The number of hydrogen-bond acceptors (Lipinski definition) is 6. The molecule has 2 aromatic heterocycles. The first kappa shape index (κ1) is 87.0. The van der Waals surface area contributed by atoms with Crippen molar-refractivity contribution in [2.24, 2.45) is 0 Å². The monoisotopic (exact) mass is 1640 g/mol. The van der Waals surface area contributed by atoms with E-state index in [0.29, 0.717) is 11.8 Å². The van der Waals surface area contributed by atoms with Crippen LogP contribution >= 0.6 is 0 Å². The Balaban J connectivity index is 0.000000129. The number of furan rings is 2. The molecule has 15 aromatic carbocycles. The van der Waals surface area contributed by atoms with E-state index in [0.717, 1.165) is 55.3 Å². The zero-order valence-corrected chi connectivity index (χ0v) is 77.3. The van der Waals surface area contributed by atoms with Gasteiger partial charge in [-0.05, 0) is 281 Å². The van der Waals surface area contributed by atoms with Crippen LogP contribution in [0.15, 0.2) is 367 Å². The Morgan fingerprint density at radius 3 is 0.968 bits per heavy atom. The molecule has 0 N–H and O–H groups in total. The zero-order valence-electron chi connectivity index (χ0n) is 77.3. The summed E-state index contributed by atoms with van der Waals surface area (Å²) >= 11 is 0. The van der Waals surface area contributed by atoms with E-state index in [4.69, 9.17) is 8.83 Å². The molecule has 6 nitrogen and oxygen atoms in total. The fraction of sp³-hybridized carbons (Fsp3) is 0.244. The topological polar surface area (TPSA) is 39.2 Å². The molecule has 0 saturated carbocycles. The molecule has 0 fully saturated rings. The maximum Gasteiger partial charge on any atom is 0.159 e. The normalized spacial score (nSPS) is 12.6. The summed E-state index contributed by atoms with van der Waals surface area (Å²) in [6.45, 7) is 47.5. The summed E-state index contributed by atoms with van der Waals surface area (Å²) in [5.41, 5.74) is 32.6. The molecule has 0 bridgehead atoms. The van der Waals surface area contributed by atoms with Crippen molar-refractivity contribution in [2.75, 3.05) is 19.6 Å². The van der Waals surface area contributed by atoms with Gasteiger partial charge in [0.25, 0.3) is 0 Å². The van der Waals surface area contributed by atoms with Gasteiger partial charge in [0, 0.05) is 94.5 Å². The lowest BCUT2D eigenvalue weighted by Gasteiger charge is -2.38. The Hall–Kier alpha value is -12.9. The minimum atomic E-state index is -0.0907. The average molecular weight is 1640 g/mol. The van der Waals surface area contributed by atoms with Gasteiger partial charge in [-0.1, -0.05) is 317 Å². The summed E-state index contributed by atoms with van der Waals surface area (Å²) in [4.78, 5) is 9.66. The van der Waals surface area contributed by atoms with Gasteiger partial charge in [-0.15, -0.1) is 0 Å². The standard InChI is InChI=1S/C32H35N.C31H31NO.C31H31N.C25H27NO/c1-31(2,3)28-18-22-30(23-19-28)33(32(4,5)6)29-20-16-27(17-21-29)26-14-12-25(13-15-26)24-10-8-7-9-11-24;1-21(2)22-13-17-24(18-14-22)32(31(3,4)5)25-19-15-23(16-20-25)26-10-8-11-28-27-9-6-7-12-29(27)33-30(26)28;1-30(2,3)32(24-17-15-23(16-18-24)22-11-7-6-8-12-22)25-19-20-27-26-13-9-10-14-28(26)31(4,5)29(27)21-25;1-17(2)18-13-15-19(16-14-18)26(25(3,4)5)22-11-8-10-21-20-9-6-7-12-23(20)27-24(21)22/h7-23H,1-6H3;6-21H,1-5H3;6-21H,1-5H3;6-17H,1-5H3. The third-order valence-electron chi connectivity index (χ3n) is 24.3. The third-order valence-corrected chi connectivity index (χ3v) is 24.3. The molecular weight excluding hydrogens is 1520 g/mol. The fourth-order valence-corrected chi connectivity index (χ4v) is 18.0. The van der Waals surface area contributed by atoms with Crippen molar-refractivity contribution >= 4 is 89.4 Å². The van der Waals surface area contributed by atoms with Gasteiger partial charge in [-0.3, -0.25) is 0 Å². The average Bonchev–Trinajstić information content (AvgIpc) is 1.58. The summed E-state index contributed by atoms with van der Waals surface area (Å²) in [7, 11) is 0. The van der Waals surface area contributed by atoms with Gasteiger partial charge in [0.2, 0.25) is 0 Å². The first-order chi connectivity index (χ1) is 59.6. The van der Waals surface area contributed by atoms with Crippen molar-refractivity contribution in [1.29, 1.82) is 0 Å². The SMILES string of the molecule is CC(C)(C)c1ccc(N(c2ccc(-c3ccc(-c4ccccc4)cc3)cc2)C(C)(C)C)cc1.CC(C)c1ccc(N(c2ccc(-c3cccc4c3oc3ccccc34)cc2)C(C)(C)C)cc1.CC(C)c1ccc(N(c2cccc3c2oc2ccccc23)C(C)(C)C)cc1.CC1(C)c2ccccc2-c2ccc(N(c3ccc(-c4ccccc4)cc3)C(C)(C)C)cc21. The minimum absolute atomic E-state index is 0.00264. The molecule has 0 radical (unpaired) electrons. The van der Waals surface area contributed by atoms with Gasteiger partial charge >= 0.3 is 0 Å². The number of nitrogens with zero attached hydrogens (tertiary/aromatic N) is 4. The van der Waals surface area contributed by atoms with Crippen LogP contribution in [0.25, 0.3) is 99.5 Å². The van der Waals surface area contributed by atoms with Crippen LogP contribution < -0.4 is 19.6 Å². The van der Waals surface area contributed by atoms with Crippen LogP contribution in [0.5, 0.6) is 0 Å². The maximum absolute atomic E-state index is 6.30. The summed E-state index contributed by atoms with van der Waals surface area (Å²) < 4.78 is 12.6. The van der Waals surface area contributed by atoms with E-state index >= 15 is 0 Å². The first-order valence-corrected chi connectivity index (χ1v) is 44.7. The Morgan fingerprint density at radius 1 is 0.240 bits per heavy atom. The van der Waals surface area contributed by atoms with Gasteiger partial charge in [-0.2, -0.15) is 0 Å². The molecule has 632 valence electrons. The number of anilines is 8. The number of rotatable bonds is 14. The van der Waals surface area contributed by atoms with Crippen LogP contribution in [-0.2, 0) is 10.8 Å². The lowest BCUT2D eigenvalue weighted by Crippen LogP contribution is -2.37. The van der Waals surface area contributed by atoms with E-state index in [-0.39, 0.29) is 33.0 Å². The van der Waals surface area contributed by atoms with Gasteiger partial charge in [0.15, 0.2) is 5.58 Å². The van der Waals surface area contributed by atoms with Crippen LogP contribution in [0, 0.1) is 0 Å². The van der Waals surface area contributed by atoms with Crippen molar-refractivity contribution in [3.05, 3.63) is 386 Å². The number of benzene rings is 15. The molecule has 0 atom stereocenters. The van der Waals surface area contributed by atoms with E-state index < -0.39 is 0 Å². The van der Waals surface area contributed by atoms with Crippen molar-refractivity contribution in [3.8, 4) is 55.6 Å². The van der Waals surface area contributed by atoms with Crippen molar-refractivity contribution in [3.63, 3.8) is 0 Å². The quantitative estimate of drug-likeness (QED) is 0.108.